The van der Waals surface area contributed by atoms with E-state index in [2.05, 4.69) is 26.3 Å². The van der Waals surface area contributed by atoms with Crippen LogP contribution in [-0.4, -0.2) is 113 Å². The number of hydrogen-bond acceptors (Lipinski definition) is 10. The fraction of sp³-hybridized carbons (Fsp3) is 0.457. The van der Waals surface area contributed by atoms with Gasteiger partial charge in [0, 0.05) is 31.0 Å². The number of likely N-dealkylation sites (tertiary alicyclic amines) is 1. The van der Waals surface area contributed by atoms with Gasteiger partial charge < -0.3 is 41.2 Å². The van der Waals surface area contributed by atoms with Gasteiger partial charge in [-0.25, -0.2) is 9.48 Å². The minimum Gasteiger partial charge on any atom is -0.497 e. The second kappa shape index (κ2) is 18.9. The molecule has 1 fully saturated rings. The molecule has 2 heterocycles. The van der Waals surface area contributed by atoms with Crippen LogP contribution in [0.3, 0.4) is 0 Å². The van der Waals surface area contributed by atoms with Gasteiger partial charge >= 0.3 is 12.1 Å². The number of nitrogens with one attached hydrogen (secondary N) is 3. The zero-order chi connectivity index (χ0) is 40.3. The van der Waals surface area contributed by atoms with E-state index in [4.69, 9.17) is 25.1 Å². The van der Waals surface area contributed by atoms with E-state index in [1.807, 2.05) is 44.2 Å². The SMILES string of the molecule is CN[C@@H](C)C(=O)N[C@H](C(=O)N1C[C@H](n2cc(-c3cc(OC)cc(OC)c3)nn2)C[C@H]1C(=O)N[C@@H](Cc1ccccc1)C(N)=O)C(C)C.O=C(O)C(F)(F)F. The van der Waals surface area contributed by atoms with Crippen molar-refractivity contribution in [1.82, 2.24) is 35.8 Å². The maximum Gasteiger partial charge on any atom is 0.490 e. The van der Waals surface area contributed by atoms with Crippen molar-refractivity contribution >= 4 is 29.6 Å². The number of primary amides is 1. The van der Waals surface area contributed by atoms with Gasteiger partial charge in [0.15, 0.2) is 0 Å². The first kappa shape index (κ1) is 42.7. The number of ether oxygens (including phenoxy) is 2. The summed E-state index contributed by atoms with van der Waals surface area (Å²) in [5.74, 6) is -3.87. The van der Waals surface area contributed by atoms with Gasteiger partial charge in [0.2, 0.25) is 23.6 Å². The van der Waals surface area contributed by atoms with Crippen LogP contribution in [0.25, 0.3) is 11.3 Å². The maximum atomic E-state index is 14.1. The highest BCUT2D eigenvalue weighted by molar-refractivity contribution is 5.95. The van der Waals surface area contributed by atoms with Gasteiger partial charge in [-0.2, -0.15) is 13.2 Å². The number of aliphatic carboxylic acids is 1. The molecule has 16 nitrogen and oxygen atoms in total. The van der Waals surface area contributed by atoms with Crippen LogP contribution >= 0.6 is 0 Å². The molecule has 4 amide bonds. The van der Waals surface area contributed by atoms with Crippen molar-refractivity contribution in [2.75, 3.05) is 27.8 Å². The fourth-order valence-electron chi connectivity index (χ4n) is 5.48. The lowest BCUT2D eigenvalue weighted by atomic mass is 10.0. The van der Waals surface area contributed by atoms with Gasteiger partial charge in [-0.05, 0) is 37.6 Å². The number of alkyl halides is 3. The smallest absolute Gasteiger partial charge is 0.490 e. The van der Waals surface area contributed by atoms with Crippen LogP contribution in [-0.2, 0) is 30.4 Å². The van der Waals surface area contributed by atoms with Crippen molar-refractivity contribution in [2.45, 2.75) is 70.0 Å². The van der Waals surface area contributed by atoms with Gasteiger partial charge in [0.25, 0.3) is 0 Å². The first-order valence-electron chi connectivity index (χ1n) is 16.8. The Balaban J connectivity index is 0.00000102. The molecule has 0 unspecified atom stereocenters. The Morgan fingerprint density at radius 3 is 2.09 bits per heavy atom. The van der Waals surface area contributed by atoms with Crippen LogP contribution in [0.1, 0.15) is 38.8 Å². The lowest BCUT2D eigenvalue weighted by molar-refractivity contribution is -0.192. The molecule has 0 saturated carbocycles. The zero-order valence-electron chi connectivity index (χ0n) is 30.6. The van der Waals surface area contributed by atoms with Crippen molar-refractivity contribution in [2.24, 2.45) is 11.7 Å². The minimum atomic E-state index is -5.08. The Hall–Kier alpha value is -5.72. The summed E-state index contributed by atoms with van der Waals surface area (Å²) in [6.45, 7) is 5.45. The molecule has 1 aliphatic heterocycles. The molecule has 0 spiro atoms. The Bertz CT molecular complexity index is 1750. The molecule has 0 bridgehead atoms. The molecule has 1 saturated heterocycles. The number of likely N-dealkylation sites (N-methyl/N-ethyl adjacent to an activating group) is 1. The average Bonchev–Trinajstić information content (AvgIpc) is 3.81. The third-order valence-electron chi connectivity index (χ3n) is 8.64. The molecule has 6 N–H and O–H groups in total. The van der Waals surface area contributed by atoms with Gasteiger partial charge in [-0.3, -0.25) is 19.2 Å². The van der Waals surface area contributed by atoms with E-state index in [0.29, 0.717) is 22.8 Å². The molecule has 0 radical (unpaired) electrons. The van der Waals surface area contributed by atoms with Gasteiger partial charge in [0.05, 0.1) is 32.5 Å². The Morgan fingerprint density at radius 2 is 1.59 bits per heavy atom. The van der Waals surface area contributed by atoms with Crippen LogP contribution in [0, 0.1) is 5.92 Å². The highest BCUT2D eigenvalue weighted by Crippen LogP contribution is 2.32. The summed E-state index contributed by atoms with van der Waals surface area (Å²) in [5.41, 5.74) is 7.77. The minimum absolute atomic E-state index is 0.113. The first-order valence-corrected chi connectivity index (χ1v) is 16.8. The van der Waals surface area contributed by atoms with E-state index in [0.717, 1.165) is 5.56 Å². The molecule has 4 rings (SSSR count). The summed E-state index contributed by atoms with van der Waals surface area (Å²) in [6, 6.07) is 10.7. The number of methoxy groups -OCH3 is 2. The predicted molar refractivity (Wildman–Crippen MR) is 188 cm³/mol. The number of carboxylic acids is 1. The molecule has 5 atom stereocenters. The Labute approximate surface area is 309 Å². The van der Waals surface area contributed by atoms with Crippen LogP contribution in [0.4, 0.5) is 13.2 Å². The van der Waals surface area contributed by atoms with Gasteiger partial charge in [0.1, 0.15) is 35.3 Å². The lowest BCUT2D eigenvalue weighted by Gasteiger charge is -2.31. The summed E-state index contributed by atoms with van der Waals surface area (Å²) in [6.07, 6.45) is -2.97. The quantitative estimate of drug-likeness (QED) is 0.159. The summed E-state index contributed by atoms with van der Waals surface area (Å²) in [5, 5.41) is 24.3. The van der Waals surface area contributed by atoms with E-state index in [9.17, 15) is 32.3 Å². The van der Waals surface area contributed by atoms with E-state index in [1.165, 1.54) is 4.90 Å². The van der Waals surface area contributed by atoms with Crippen molar-refractivity contribution < 1.29 is 51.7 Å². The number of nitrogens with two attached hydrogens (primary N) is 1. The summed E-state index contributed by atoms with van der Waals surface area (Å²) >= 11 is 0. The van der Waals surface area contributed by atoms with Crippen molar-refractivity contribution in [3.63, 3.8) is 0 Å². The number of carboxylic acid groups (broad SMARTS) is 1. The third-order valence-corrected chi connectivity index (χ3v) is 8.64. The number of halogens is 3. The number of amides is 4. The van der Waals surface area contributed by atoms with Crippen LogP contribution in [0.2, 0.25) is 0 Å². The molecule has 54 heavy (non-hydrogen) atoms. The van der Waals surface area contributed by atoms with Gasteiger partial charge in [-0.15, -0.1) is 5.10 Å². The van der Waals surface area contributed by atoms with Crippen LogP contribution in [0.15, 0.2) is 54.7 Å². The standard InChI is InChI=1S/C33H44N8O6.C2HF3O2/c1-19(2)29(37-31(43)20(3)35-4)33(45)40-17-23(41-18-27(38-39-41)22-13-24(46-5)16-25(14-22)47-6)15-28(40)32(44)36-26(30(34)42)12-21-10-8-7-9-11-21;3-2(4,5)1(6)7/h7-11,13-14,16,18-20,23,26,28-29,35H,12,15,17H2,1-6H3,(H2,34,42)(H,36,44)(H,37,43);(H,6,7)/t20-,23+,26-,28-,29-;/m0./s1. The molecule has 1 aromatic heterocycles. The van der Waals surface area contributed by atoms with Crippen LogP contribution in [0.5, 0.6) is 11.5 Å². The van der Waals surface area contributed by atoms with Crippen LogP contribution < -0.4 is 31.2 Å². The van der Waals surface area contributed by atoms with E-state index in [1.54, 1.807) is 57.3 Å². The van der Waals surface area contributed by atoms with E-state index in [-0.39, 0.29) is 31.2 Å². The monoisotopic (exact) mass is 762 g/mol. The molecule has 2 aromatic carbocycles. The van der Waals surface area contributed by atoms with Crippen molar-refractivity contribution in [3.05, 3.63) is 60.3 Å². The first-order chi connectivity index (χ1) is 25.4. The van der Waals surface area contributed by atoms with E-state index >= 15 is 0 Å². The zero-order valence-corrected chi connectivity index (χ0v) is 30.6. The van der Waals surface area contributed by atoms with Gasteiger partial charge in [-0.1, -0.05) is 49.4 Å². The normalized spacial score (nSPS) is 17.0. The molecule has 3 aromatic rings. The molecular formula is C35H45F3N8O8. The Kier molecular flexibility index (Phi) is 14.9. The highest BCUT2D eigenvalue weighted by Gasteiger charge is 2.44. The fourth-order valence-corrected chi connectivity index (χ4v) is 5.48. The number of aromatic nitrogens is 3. The number of carbonyl (C=O) groups is 5. The van der Waals surface area contributed by atoms with Crippen molar-refractivity contribution in [1.29, 1.82) is 0 Å². The molecule has 1 aliphatic rings. The van der Waals surface area contributed by atoms with Crippen molar-refractivity contribution in [3.8, 4) is 22.8 Å². The maximum absolute atomic E-state index is 14.1. The largest absolute Gasteiger partial charge is 0.497 e. The third kappa shape index (κ3) is 11.4. The second-order valence-corrected chi connectivity index (χ2v) is 12.8. The molecule has 294 valence electrons. The summed E-state index contributed by atoms with van der Waals surface area (Å²) in [4.78, 5) is 63.6. The molecule has 0 aliphatic carbocycles. The summed E-state index contributed by atoms with van der Waals surface area (Å²) in [7, 11) is 4.76. The summed E-state index contributed by atoms with van der Waals surface area (Å²) < 4.78 is 44.1. The average molecular weight is 763 g/mol. The lowest BCUT2D eigenvalue weighted by Crippen LogP contribution is -2.58. The highest BCUT2D eigenvalue weighted by atomic mass is 19.4. The number of nitrogens with zero attached hydrogens (tertiary/aromatic N) is 4. The number of benzene rings is 2. The van der Waals surface area contributed by atoms with E-state index < -0.39 is 60.1 Å². The Morgan fingerprint density at radius 1 is 1.00 bits per heavy atom. The number of rotatable bonds is 14. The molecule has 19 heteroatoms. The predicted octanol–water partition coefficient (Wildman–Crippen LogP) is 1.70. The number of hydrogen-bond donors (Lipinski definition) is 5. The second-order valence-electron chi connectivity index (χ2n) is 12.8. The molecular weight excluding hydrogens is 717 g/mol. The topological polar surface area (TPSA) is 220 Å². The number of carbonyl (C=O) groups excluding carboxylic acids is 4.